The Labute approximate surface area is 129 Å². The molecule has 1 aromatic carbocycles. The molecule has 21 heavy (non-hydrogen) atoms. The predicted molar refractivity (Wildman–Crippen MR) is 87.6 cm³/mol. The van der Waals surface area contributed by atoms with Crippen LogP contribution in [-0.4, -0.2) is 18.7 Å². The molecule has 0 aliphatic rings. The minimum atomic E-state index is -0.457. The SMILES string of the molecule is CCNC(C)(C#N)CCCOc1ccccc1C(C)(C)C. The van der Waals surface area contributed by atoms with Crippen LogP contribution in [0.3, 0.4) is 0 Å². The van der Waals surface area contributed by atoms with Crippen LogP contribution in [0.5, 0.6) is 5.75 Å². The van der Waals surface area contributed by atoms with Gasteiger partial charge in [-0.1, -0.05) is 45.9 Å². The number of ether oxygens (including phenoxy) is 1. The smallest absolute Gasteiger partial charge is 0.123 e. The highest BCUT2D eigenvalue weighted by Gasteiger charge is 2.22. The zero-order valence-electron chi connectivity index (χ0n) is 14.0. The number of nitrogens with zero attached hydrogens (tertiary/aromatic N) is 1. The predicted octanol–water partition coefficient (Wildman–Crippen LogP) is 4.03. The van der Waals surface area contributed by atoms with Crippen LogP contribution < -0.4 is 10.1 Å². The van der Waals surface area contributed by atoms with E-state index in [1.807, 2.05) is 32.0 Å². The van der Waals surface area contributed by atoms with Crippen molar-refractivity contribution < 1.29 is 4.74 Å². The minimum absolute atomic E-state index is 0.0710. The van der Waals surface area contributed by atoms with Crippen molar-refractivity contribution in [1.29, 1.82) is 5.26 Å². The monoisotopic (exact) mass is 288 g/mol. The lowest BCUT2D eigenvalue weighted by molar-refractivity contribution is 0.280. The second-order valence-electron chi connectivity index (χ2n) is 6.67. The van der Waals surface area contributed by atoms with E-state index in [0.29, 0.717) is 6.61 Å². The molecule has 0 fully saturated rings. The summed E-state index contributed by atoms with van der Waals surface area (Å²) in [4.78, 5) is 0. The first-order valence-corrected chi connectivity index (χ1v) is 7.71. The molecule has 0 amide bonds. The van der Waals surface area contributed by atoms with Crippen LogP contribution in [0.2, 0.25) is 0 Å². The number of nitriles is 1. The van der Waals surface area contributed by atoms with E-state index >= 15 is 0 Å². The molecular formula is C18H28N2O. The first kappa shape index (κ1) is 17.5. The van der Waals surface area contributed by atoms with E-state index in [2.05, 4.69) is 38.2 Å². The first-order chi connectivity index (χ1) is 9.82. The van der Waals surface area contributed by atoms with E-state index in [1.165, 1.54) is 5.56 Å². The lowest BCUT2D eigenvalue weighted by Gasteiger charge is -2.24. The summed E-state index contributed by atoms with van der Waals surface area (Å²) in [5, 5.41) is 12.5. The van der Waals surface area contributed by atoms with E-state index in [9.17, 15) is 5.26 Å². The second-order valence-corrected chi connectivity index (χ2v) is 6.67. The largest absolute Gasteiger partial charge is 0.493 e. The van der Waals surface area contributed by atoms with Crippen LogP contribution >= 0.6 is 0 Å². The molecular weight excluding hydrogens is 260 g/mol. The number of para-hydroxylation sites is 1. The molecule has 1 atom stereocenters. The Balaban J connectivity index is 2.56. The van der Waals surface area contributed by atoms with Crippen LogP contribution in [0.4, 0.5) is 0 Å². The summed E-state index contributed by atoms with van der Waals surface area (Å²) in [6.45, 7) is 12.0. The van der Waals surface area contributed by atoms with Crippen molar-refractivity contribution in [3.05, 3.63) is 29.8 Å². The summed E-state index contributed by atoms with van der Waals surface area (Å²) < 4.78 is 5.94. The van der Waals surface area contributed by atoms with E-state index in [0.717, 1.165) is 25.1 Å². The van der Waals surface area contributed by atoms with Crippen molar-refractivity contribution in [1.82, 2.24) is 5.32 Å². The van der Waals surface area contributed by atoms with Gasteiger partial charge in [-0.25, -0.2) is 0 Å². The molecule has 0 bridgehead atoms. The lowest BCUT2D eigenvalue weighted by atomic mass is 9.86. The fourth-order valence-corrected chi connectivity index (χ4v) is 2.39. The summed E-state index contributed by atoms with van der Waals surface area (Å²) in [7, 11) is 0. The van der Waals surface area contributed by atoms with E-state index in [1.54, 1.807) is 0 Å². The summed E-state index contributed by atoms with van der Waals surface area (Å²) >= 11 is 0. The van der Waals surface area contributed by atoms with Gasteiger partial charge in [0.2, 0.25) is 0 Å². The molecule has 0 aliphatic heterocycles. The van der Waals surface area contributed by atoms with Gasteiger partial charge in [-0.3, -0.25) is 5.32 Å². The Morgan fingerprint density at radius 1 is 1.19 bits per heavy atom. The summed E-state index contributed by atoms with van der Waals surface area (Å²) in [6.07, 6.45) is 1.64. The molecule has 0 heterocycles. The van der Waals surface area contributed by atoms with Gasteiger partial charge in [0.15, 0.2) is 0 Å². The van der Waals surface area contributed by atoms with Gasteiger partial charge in [-0.05, 0) is 43.4 Å². The van der Waals surface area contributed by atoms with Crippen molar-refractivity contribution in [2.45, 2.75) is 58.4 Å². The Morgan fingerprint density at radius 3 is 2.43 bits per heavy atom. The topological polar surface area (TPSA) is 45.0 Å². The Hall–Kier alpha value is -1.53. The highest BCUT2D eigenvalue weighted by Crippen LogP contribution is 2.31. The average molecular weight is 288 g/mol. The van der Waals surface area contributed by atoms with Crippen molar-refractivity contribution >= 4 is 0 Å². The molecule has 1 rings (SSSR count). The first-order valence-electron chi connectivity index (χ1n) is 7.71. The highest BCUT2D eigenvalue weighted by atomic mass is 16.5. The fourth-order valence-electron chi connectivity index (χ4n) is 2.39. The van der Waals surface area contributed by atoms with Crippen LogP contribution in [0, 0.1) is 11.3 Å². The quantitative estimate of drug-likeness (QED) is 0.770. The molecule has 1 unspecified atom stereocenters. The van der Waals surface area contributed by atoms with Gasteiger partial charge in [-0.15, -0.1) is 0 Å². The molecule has 0 radical (unpaired) electrons. The third-order valence-electron chi connectivity index (χ3n) is 3.59. The van der Waals surface area contributed by atoms with E-state index in [-0.39, 0.29) is 5.41 Å². The van der Waals surface area contributed by atoms with E-state index < -0.39 is 5.54 Å². The molecule has 0 saturated carbocycles. The molecule has 1 N–H and O–H groups in total. The summed E-state index contributed by atoms with van der Waals surface area (Å²) in [5.41, 5.74) is 0.836. The van der Waals surface area contributed by atoms with Crippen molar-refractivity contribution in [3.63, 3.8) is 0 Å². The molecule has 0 aromatic heterocycles. The van der Waals surface area contributed by atoms with Crippen molar-refractivity contribution in [2.75, 3.05) is 13.2 Å². The Morgan fingerprint density at radius 2 is 1.86 bits per heavy atom. The van der Waals surface area contributed by atoms with Crippen LogP contribution in [0.25, 0.3) is 0 Å². The molecule has 0 saturated heterocycles. The van der Waals surface area contributed by atoms with Gasteiger partial charge < -0.3 is 4.74 Å². The van der Waals surface area contributed by atoms with Crippen molar-refractivity contribution in [3.8, 4) is 11.8 Å². The van der Waals surface area contributed by atoms with Gasteiger partial charge in [-0.2, -0.15) is 5.26 Å². The summed E-state index contributed by atoms with van der Waals surface area (Å²) in [6, 6.07) is 10.5. The Bertz CT molecular complexity index is 485. The maximum atomic E-state index is 9.23. The third kappa shape index (κ3) is 5.40. The molecule has 3 heteroatoms. The number of hydrogen-bond acceptors (Lipinski definition) is 3. The number of benzene rings is 1. The maximum absolute atomic E-state index is 9.23. The molecule has 1 aromatic rings. The van der Waals surface area contributed by atoms with Crippen molar-refractivity contribution in [2.24, 2.45) is 0 Å². The minimum Gasteiger partial charge on any atom is -0.493 e. The number of rotatable bonds is 7. The lowest BCUT2D eigenvalue weighted by Crippen LogP contribution is -2.40. The van der Waals surface area contributed by atoms with E-state index in [4.69, 9.17) is 4.74 Å². The average Bonchev–Trinajstić information content (AvgIpc) is 2.43. The fraction of sp³-hybridized carbons (Fsp3) is 0.611. The van der Waals surface area contributed by atoms with Gasteiger partial charge in [0.25, 0.3) is 0 Å². The third-order valence-corrected chi connectivity index (χ3v) is 3.59. The van der Waals surface area contributed by atoms with Gasteiger partial charge >= 0.3 is 0 Å². The van der Waals surface area contributed by atoms with Crippen LogP contribution in [0.15, 0.2) is 24.3 Å². The molecule has 0 spiro atoms. The zero-order valence-corrected chi connectivity index (χ0v) is 14.0. The summed E-state index contributed by atoms with van der Waals surface area (Å²) in [5.74, 6) is 0.951. The second kappa shape index (κ2) is 7.47. The standard InChI is InChI=1S/C18H28N2O/c1-6-20-18(5,14-19)12-9-13-21-16-11-8-7-10-15(16)17(2,3)4/h7-8,10-11,20H,6,9,12-13H2,1-5H3. The zero-order chi connectivity index (χ0) is 15.9. The van der Waals surface area contributed by atoms with Gasteiger partial charge in [0.1, 0.15) is 11.3 Å². The Kier molecular flexibility index (Phi) is 6.23. The van der Waals surface area contributed by atoms with Crippen LogP contribution in [-0.2, 0) is 5.41 Å². The molecule has 116 valence electrons. The number of hydrogen-bond donors (Lipinski definition) is 1. The highest BCUT2D eigenvalue weighted by molar-refractivity contribution is 5.38. The normalized spacial score (nSPS) is 14.3. The maximum Gasteiger partial charge on any atom is 0.123 e. The van der Waals surface area contributed by atoms with Gasteiger partial charge in [0, 0.05) is 0 Å². The number of nitrogens with one attached hydrogen (secondary N) is 1. The molecule has 0 aliphatic carbocycles. The van der Waals surface area contributed by atoms with Crippen LogP contribution in [0.1, 0.15) is 53.0 Å². The van der Waals surface area contributed by atoms with Gasteiger partial charge in [0.05, 0.1) is 12.7 Å². The molecule has 3 nitrogen and oxygen atoms in total.